The summed E-state index contributed by atoms with van der Waals surface area (Å²) in [7, 11) is 0. The summed E-state index contributed by atoms with van der Waals surface area (Å²) in [5, 5.41) is 0. The molecule has 1 heterocycles. The maximum absolute atomic E-state index is 11.1. The third-order valence-corrected chi connectivity index (χ3v) is 3.82. The molecule has 3 atom stereocenters. The molecule has 1 saturated heterocycles. The zero-order chi connectivity index (χ0) is 11.5. The Balaban J connectivity index is 2.03. The Bertz CT molecular complexity index is 268. The minimum absolute atomic E-state index is 0.131. The fourth-order valence-corrected chi connectivity index (χ4v) is 2.96. The molecule has 3 heteroatoms. The molecule has 3 nitrogen and oxygen atoms in total. The lowest BCUT2D eigenvalue weighted by Gasteiger charge is -2.31. The maximum Gasteiger partial charge on any atom is 0.509 e. The van der Waals surface area contributed by atoms with Crippen LogP contribution in [0.4, 0.5) is 4.79 Å². The van der Waals surface area contributed by atoms with E-state index in [1.807, 2.05) is 13.0 Å². The van der Waals surface area contributed by atoms with Crippen LogP contribution in [0.25, 0.3) is 0 Å². The van der Waals surface area contributed by atoms with Crippen molar-refractivity contribution in [3.8, 4) is 0 Å². The number of carbonyl (C=O) groups is 1. The molecule has 2 rings (SSSR count). The van der Waals surface area contributed by atoms with Crippen molar-refractivity contribution in [2.45, 2.75) is 51.2 Å². The highest BCUT2D eigenvalue weighted by atomic mass is 16.8. The highest BCUT2D eigenvalue weighted by molar-refractivity contribution is 5.62. The second-order valence-corrected chi connectivity index (χ2v) is 4.87. The van der Waals surface area contributed by atoms with Gasteiger partial charge in [0.05, 0.1) is 0 Å². The fourth-order valence-electron chi connectivity index (χ4n) is 2.96. The van der Waals surface area contributed by atoms with Gasteiger partial charge in [-0.15, -0.1) is 6.58 Å². The lowest BCUT2D eigenvalue weighted by atomic mass is 9.76. The van der Waals surface area contributed by atoms with E-state index in [0.717, 1.165) is 0 Å². The van der Waals surface area contributed by atoms with Gasteiger partial charge in [-0.2, -0.15) is 0 Å². The first-order chi connectivity index (χ1) is 7.72. The van der Waals surface area contributed by atoms with E-state index in [1.54, 1.807) is 0 Å². The molecule has 0 N–H and O–H groups in total. The molecule has 0 radical (unpaired) electrons. The van der Waals surface area contributed by atoms with Gasteiger partial charge in [0.1, 0.15) is 12.2 Å². The van der Waals surface area contributed by atoms with Gasteiger partial charge in [0.15, 0.2) is 0 Å². The summed E-state index contributed by atoms with van der Waals surface area (Å²) in [5.74, 6) is 0.856. The summed E-state index contributed by atoms with van der Waals surface area (Å²) in [6, 6.07) is 0. The topological polar surface area (TPSA) is 35.5 Å². The average Bonchev–Trinajstić information content (AvgIpc) is 2.61. The lowest BCUT2D eigenvalue weighted by molar-refractivity contribution is 0.0764. The second-order valence-electron chi connectivity index (χ2n) is 4.87. The van der Waals surface area contributed by atoms with E-state index in [-0.39, 0.29) is 18.1 Å². The zero-order valence-electron chi connectivity index (χ0n) is 9.85. The van der Waals surface area contributed by atoms with Gasteiger partial charge >= 0.3 is 6.16 Å². The number of rotatable bonds is 3. The predicted octanol–water partition coefficient (Wildman–Crippen LogP) is 3.29. The highest BCUT2D eigenvalue weighted by Crippen LogP contribution is 2.36. The number of ether oxygens (including phenoxy) is 2. The minimum atomic E-state index is -0.528. The summed E-state index contributed by atoms with van der Waals surface area (Å²) < 4.78 is 10.3. The summed E-state index contributed by atoms with van der Waals surface area (Å²) in [4.78, 5) is 11.1. The lowest BCUT2D eigenvalue weighted by Crippen LogP contribution is -2.33. The molecule has 2 aliphatic rings. The van der Waals surface area contributed by atoms with Crippen molar-refractivity contribution >= 4 is 6.16 Å². The van der Waals surface area contributed by atoms with E-state index >= 15 is 0 Å². The van der Waals surface area contributed by atoms with Gasteiger partial charge in [0, 0.05) is 5.92 Å². The Morgan fingerprint density at radius 3 is 2.50 bits per heavy atom. The summed E-state index contributed by atoms with van der Waals surface area (Å²) in [6.07, 6.45) is 7.48. The van der Waals surface area contributed by atoms with Gasteiger partial charge in [-0.05, 0) is 25.7 Å². The van der Waals surface area contributed by atoms with E-state index in [4.69, 9.17) is 9.47 Å². The molecular weight excluding hydrogens is 204 g/mol. The first kappa shape index (κ1) is 11.5. The van der Waals surface area contributed by atoms with Crippen molar-refractivity contribution in [1.29, 1.82) is 0 Å². The quantitative estimate of drug-likeness (QED) is 0.545. The van der Waals surface area contributed by atoms with Crippen LogP contribution in [0.2, 0.25) is 0 Å². The van der Waals surface area contributed by atoms with Crippen LogP contribution < -0.4 is 0 Å². The van der Waals surface area contributed by atoms with E-state index < -0.39 is 6.16 Å². The molecule has 0 aromatic heterocycles. The van der Waals surface area contributed by atoms with Gasteiger partial charge in [0.25, 0.3) is 0 Å². The van der Waals surface area contributed by atoms with Gasteiger partial charge in [-0.25, -0.2) is 4.79 Å². The standard InChI is InChI=1S/C13H20O3/c1-3-11(10-7-5-4-6-8-10)12-9(2)15-13(14)16-12/h3,9-12H,1,4-8H2,2H3/t9-,11+,12+/m0/s1. The van der Waals surface area contributed by atoms with Crippen molar-refractivity contribution in [1.82, 2.24) is 0 Å². The van der Waals surface area contributed by atoms with E-state index in [1.165, 1.54) is 32.1 Å². The first-order valence-electron chi connectivity index (χ1n) is 6.22. The van der Waals surface area contributed by atoms with Crippen molar-refractivity contribution in [2.75, 3.05) is 0 Å². The number of cyclic esters (lactones) is 2. The Hall–Kier alpha value is -0.990. The first-order valence-corrected chi connectivity index (χ1v) is 6.22. The molecule has 1 saturated carbocycles. The Kier molecular flexibility index (Phi) is 3.52. The molecule has 0 aromatic rings. The van der Waals surface area contributed by atoms with Crippen LogP contribution in [0.1, 0.15) is 39.0 Å². The Morgan fingerprint density at radius 1 is 1.31 bits per heavy atom. The van der Waals surface area contributed by atoms with Crippen molar-refractivity contribution in [3.05, 3.63) is 12.7 Å². The maximum atomic E-state index is 11.1. The van der Waals surface area contributed by atoms with E-state index in [0.29, 0.717) is 5.92 Å². The number of hydrogen-bond acceptors (Lipinski definition) is 3. The summed E-state index contributed by atoms with van der Waals surface area (Å²) in [5.41, 5.74) is 0. The molecule has 0 amide bonds. The van der Waals surface area contributed by atoms with Crippen LogP contribution in [0.5, 0.6) is 0 Å². The molecule has 90 valence electrons. The fraction of sp³-hybridized carbons (Fsp3) is 0.769. The van der Waals surface area contributed by atoms with Crippen LogP contribution >= 0.6 is 0 Å². The van der Waals surface area contributed by atoms with E-state index in [2.05, 4.69) is 6.58 Å². The van der Waals surface area contributed by atoms with Crippen LogP contribution in [-0.2, 0) is 9.47 Å². The molecule has 1 aliphatic heterocycles. The molecule has 0 bridgehead atoms. The van der Waals surface area contributed by atoms with Gasteiger partial charge in [-0.1, -0.05) is 25.3 Å². The zero-order valence-corrected chi connectivity index (χ0v) is 9.85. The van der Waals surface area contributed by atoms with Gasteiger partial charge in [0.2, 0.25) is 0 Å². The molecular formula is C13H20O3. The van der Waals surface area contributed by atoms with Crippen LogP contribution in [-0.4, -0.2) is 18.4 Å². The Morgan fingerprint density at radius 2 is 2.00 bits per heavy atom. The molecule has 0 unspecified atom stereocenters. The summed E-state index contributed by atoms with van der Waals surface area (Å²) in [6.45, 7) is 5.79. The minimum Gasteiger partial charge on any atom is -0.427 e. The average molecular weight is 224 g/mol. The molecule has 1 aliphatic carbocycles. The smallest absolute Gasteiger partial charge is 0.427 e. The summed E-state index contributed by atoms with van der Waals surface area (Å²) >= 11 is 0. The van der Waals surface area contributed by atoms with Crippen molar-refractivity contribution < 1.29 is 14.3 Å². The van der Waals surface area contributed by atoms with Gasteiger partial charge in [-0.3, -0.25) is 0 Å². The van der Waals surface area contributed by atoms with Gasteiger partial charge < -0.3 is 9.47 Å². The third kappa shape index (κ3) is 2.23. The monoisotopic (exact) mass is 224 g/mol. The van der Waals surface area contributed by atoms with Crippen LogP contribution in [0, 0.1) is 11.8 Å². The Labute approximate surface area is 96.8 Å². The third-order valence-electron chi connectivity index (χ3n) is 3.82. The second kappa shape index (κ2) is 4.89. The molecule has 16 heavy (non-hydrogen) atoms. The molecule has 0 spiro atoms. The highest BCUT2D eigenvalue weighted by Gasteiger charge is 2.41. The van der Waals surface area contributed by atoms with Crippen LogP contribution in [0.15, 0.2) is 12.7 Å². The number of carbonyl (C=O) groups excluding carboxylic acids is 1. The van der Waals surface area contributed by atoms with Crippen molar-refractivity contribution in [3.63, 3.8) is 0 Å². The predicted molar refractivity (Wildman–Crippen MR) is 61.1 cm³/mol. The van der Waals surface area contributed by atoms with Crippen LogP contribution in [0.3, 0.4) is 0 Å². The van der Waals surface area contributed by atoms with E-state index in [9.17, 15) is 4.79 Å². The molecule has 0 aromatic carbocycles. The molecule has 2 fully saturated rings. The SMILES string of the molecule is C=C[C@H](C1CCCCC1)[C@@H]1OC(=O)O[C@H]1C. The van der Waals surface area contributed by atoms with Crippen molar-refractivity contribution in [2.24, 2.45) is 11.8 Å². The number of hydrogen-bond donors (Lipinski definition) is 0. The normalized spacial score (nSPS) is 32.9. The largest absolute Gasteiger partial charge is 0.509 e.